The topological polar surface area (TPSA) is 108 Å². The largest absolute Gasteiger partial charge is 0.338 e. The highest BCUT2D eigenvalue weighted by molar-refractivity contribution is 5.95. The standard InChI is InChI=1S/C21H19N7O/c1-14-24-19(28-27-14)18(15-6-3-2-4-7-15)26-20(29)16-8-10-17(11-9-16)25-21-22-12-5-13-23-21/h2-13,18H,1H3,(H,26,29)(H,22,23,25)(H,24,27,28). The summed E-state index contributed by atoms with van der Waals surface area (Å²) in [6.45, 7) is 1.82. The first-order chi connectivity index (χ1) is 14.2. The molecule has 2 aromatic carbocycles. The van der Waals surface area contributed by atoms with E-state index < -0.39 is 6.04 Å². The van der Waals surface area contributed by atoms with Crippen molar-refractivity contribution in [1.82, 2.24) is 30.5 Å². The van der Waals surface area contributed by atoms with Gasteiger partial charge in [0.1, 0.15) is 11.9 Å². The summed E-state index contributed by atoms with van der Waals surface area (Å²) in [6, 6.07) is 18.0. The number of hydrogen-bond donors (Lipinski definition) is 3. The van der Waals surface area contributed by atoms with E-state index in [4.69, 9.17) is 0 Å². The van der Waals surface area contributed by atoms with E-state index in [0.717, 1.165) is 11.3 Å². The van der Waals surface area contributed by atoms with E-state index in [2.05, 4.69) is 35.8 Å². The third-order valence-electron chi connectivity index (χ3n) is 4.25. The van der Waals surface area contributed by atoms with Gasteiger partial charge in [-0.3, -0.25) is 9.89 Å². The lowest BCUT2D eigenvalue weighted by Crippen LogP contribution is -2.30. The number of amides is 1. The molecule has 1 amide bonds. The number of aryl methyl sites for hydroxylation is 1. The normalized spacial score (nSPS) is 11.6. The van der Waals surface area contributed by atoms with Crippen LogP contribution in [0.1, 0.15) is 33.6 Å². The molecule has 0 aliphatic carbocycles. The first-order valence-electron chi connectivity index (χ1n) is 9.08. The molecule has 4 rings (SSSR count). The number of carbonyl (C=O) groups excluding carboxylic acids is 1. The molecule has 0 aliphatic rings. The van der Waals surface area contributed by atoms with Crippen molar-refractivity contribution >= 4 is 17.5 Å². The second kappa shape index (κ2) is 8.30. The van der Waals surface area contributed by atoms with Crippen molar-refractivity contribution in [3.63, 3.8) is 0 Å². The molecule has 0 aliphatic heterocycles. The molecule has 0 radical (unpaired) electrons. The molecule has 0 bridgehead atoms. The van der Waals surface area contributed by atoms with Crippen LogP contribution in [0.4, 0.5) is 11.6 Å². The Hall–Kier alpha value is -4.07. The van der Waals surface area contributed by atoms with Gasteiger partial charge in [0.2, 0.25) is 5.95 Å². The molecule has 1 unspecified atom stereocenters. The SMILES string of the molecule is Cc1nc(C(NC(=O)c2ccc(Nc3ncccn3)cc2)c2ccccc2)n[nH]1. The van der Waals surface area contributed by atoms with Gasteiger partial charge in [-0.15, -0.1) is 0 Å². The maximum atomic E-state index is 12.9. The van der Waals surface area contributed by atoms with Crippen molar-refractivity contribution in [2.75, 3.05) is 5.32 Å². The number of aromatic nitrogens is 5. The number of benzene rings is 2. The first-order valence-corrected chi connectivity index (χ1v) is 9.08. The number of nitrogens with one attached hydrogen (secondary N) is 3. The summed E-state index contributed by atoms with van der Waals surface area (Å²) in [6.07, 6.45) is 3.32. The Bertz CT molecular complexity index is 1080. The van der Waals surface area contributed by atoms with Gasteiger partial charge in [0, 0.05) is 23.6 Å². The highest BCUT2D eigenvalue weighted by atomic mass is 16.1. The van der Waals surface area contributed by atoms with Gasteiger partial charge in [-0.1, -0.05) is 30.3 Å². The van der Waals surface area contributed by atoms with E-state index in [1.807, 2.05) is 37.3 Å². The van der Waals surface area contributed by atoms with Crippen molar-refractivity contribution in [2.45, 2.75) is 13.0 Å². The predicted octanol–water partition coefficient (Wildman–Crippen LogP) is 3.17. The summed E-state index contributed by atoms with van der Waals surface area (Å²) in [5, 5.41) is 13.2. The molecule has 4 aromatic rings. The number of hydrogen-bond acceptors (Lipinski definition) is 6. The van der Waals surface area contributed by atoms with Crippen LogP contribution in [-0.2, 0) is 0 Å². The molecule has 0 saturated carbocycles. The number of rotatable bonds is 6. The Balaban J connectivity index is 1.51. The summed E-state index contributed by atoms with van der Waals surface area (Å²) in [5.74, 6) is 1.48. The Kier molecular flexibility index (Phi) is 5.24. The Morgan fingerprint density at radius 2 is 1.69 bits per heavy atom. The van der Waals surface area contributed by atoms with Crippen LogP contribution in [0.15, 0.2) is 73.1 Å². The Morgan fingerprint density at radius 1 is 0.966 bits per heavy atom. The first kappa shape index (κ1) is 18.3. The van der Waals surface area contributed by atoms with Crippen molar-refractivity contribution in [3.8, 4) is 0 Å². The van der Waals surface area contributed by atoms with Crippen LogP contribution in [0.2, 0.25) is 0 Å². The third kappa shape index (κ3) is 4.44. The average Bonchev–Trinajstić information content (AvgIpc) is 3.19. The van der Waals surface area contributed by atoms with Gasteiger partial charge in [-0.25, -0.2) is 15.0 Å². The number of aromatic amines is 1. The van der Waals surface area contributed by atoms with E-state index in [1.54, 1.807) is 42.7 Å². The van der Waals surface area contributed by atoms with Gasteiger partial charge in [0.15, 0.2) is 5.82 Å². The van der Waals surface area contributed by atoms with E-state index >= 15 is 0 Å². The van der Waals surface area contributed by atoms with E-state index in [9.17, 15) is 4.79 Å². The summed E-state index contributed by atoms with van der Waals surface area (Å²) < 4.78 is 0. The summed E-state index contributed by atoms with van der Waals surface area (Å²) >= 11 is 0. The number of anilines is 2. The van der Waals surface area contributed by atoms with Crippen LogP contribution < -0.4 is 10.6 Å². The van der Waals surface area contributed by atoms with Gasteiger partial charge in [-0.05, 0) is 42.8 Å². The molecular formula is C21H19N7O. The lowest BCUT2D eigenvalue weighted by molar-refractivity contribution is 0.0941. The van der Waals surface area contributed by atoms with Gasteiger partial charge >= 0.3 is 0 Å². The van der Waals surface area contributed by atoms with Crippen LogP contribution >= 0.6 is 0 Å². The van der Waals surface area contributed by atoms with E-state index in [-0.39, 0.29) is 5.91 Å². The number of H-pyrrole nitrogens is 1. The molecule has 2 aromatic heterocycles. The number of carbonyl (C=O) groups is 1. The second-order valence-electron chi connectivity index (χ2n) is 6.37. The minimum atomic E-state index is -0.454. The van der Waals surface area contributed by atoms with Crippen LogP contribution in [0.5, 0.6) is 0 Å². The van der Waals surface area contributed by atoms with E-state index in [0.29, 0.717) is 23.2 Å². The maximum Gasteiger partial charge on any atom is 0.252 e. The van der Waals surface area contributed by atoms with E-state index in [1.165, 1.54) is 0 Å². The average molecular weight is 385 g/mol. The van der Waals surface area contributed by atoms with Gasteiger partial charge in [0.25, 0.3) is 5.91 Å². The number of nitrogens with zero attached hydrogens (tertiary/aromatic N) is 4. The lowest BCUT2D eigenvalue weighted by Gasteiger charge is -2.16. The summed E-state index contributed by atoms with van der Waals surface area (Å²) in [5.41, 5.74) is 2.22. The minimum Gasteiger partial charge on any atom is -0.338 e. The fourth-order valence-corrected chi connectivity index (χ4v) is 2.84. The van der Waals surface area contributed by atoms with Crippen molar-refractivity contribution < 1.29 is 4.79 Å². The quantitative estimate of drug-likeness (QED) is 0.470. The van der Waals surface area contributed by atoms with Crippen LogP contribution in [0.3, 0.4) is 0 Å². The highest BCUT2D eigenvalue weighted by Gasteiger charge is 2.21. The fraction of sp³-hybridized carbons (Fsp3) is 0.0952. The fourth-order valence-electron chi connectivity index (χ4n) is 2.84. The molecule has 8 nitrogen and oxygen atoms in total. The molecule has 144 valence electrons. The van der Waals surface area contributed by atoms with Crippen LogP contribution in [-0.4, -0.2) is 31.1 Å². The molecule has 2 heterocycles. The molecule has 8 heteroatoms. The van der Waals surface area contributed by atoms with Crippen molar-refractivity contribution in [3.05, 3.63) is 95.8 Å². The third-order valence-corrected chi connectivity index (χ3v) is 4.25. The molecule has 0 fully saturated rings. The van der Waals surface area contributed by atoms with Crippen molar-refractivity contribution in [1.29, 1.82) is 0 Å². The Labute approximate surface area is 167 Å². The monoisotopic (exact) mass is 385 g/mol. The smallest absolute Gasteiger partial charge is 0.252 e. The van der Waals surface area contributed by atoms with Crippen molar-refractivity contribution in [2.24, 2.45) is 0 Å². The zero-order chi connectivity index (χ0) is 20.1. The molecule has 3 N–H and O–H groups in total. The molecule has 29 heavy (non-hydrogen) atoms. The van der Waals surface area contributed by atoms with Gasteiger partial charge in [0.05, 0.1) is 0 Å². The molecule has 0 spiro atoms. The Morgan fingerprint density at radius 3 is 2.34 bits per heavy atom. The van der Waals surface area contributed by atoms with Crippen LogP contribution in [0, 0.1) is 6.92 Å². The minimum absolute atomic E-state index is 0.219. The summed E-state index contributed by atoms with van der Waals surface area (Å²) in [4.78, 5) is 25.5. The second-order valence-corrected chi connectivity index (χ2v) is 6.37. The molecular weight excluding hydrogens is 366 g/mol. The summed E-state index contributed by atoms with van der Waals surface area (Å²) in [7, 11) is 0. The highest BCUT2D eigenvalue weighted by Crippen LogP contribution is 2.20. The zero-order valence-corrected chi connectivity index (χ0v) is 15.7. The molecule has 0 saturated heterocycles. The lowest BCUT2D eigenvalue weighted by atomic mass is 10.1. The predicted molar refractivity (Wildman–Crippen MR) is 109 cm³/mol. The van der Waals surface area contributed by atoms with Gasteiger partial charge in [-0.2, -0.15) is 5.10 Å². The molecule has 1 atom stereocenters. The van der Waals surface area contributed by atoms with Gasteiger partial charge < -0.3 is 10.6 Å². The zero-order valence-electron chi connectivity index (χ0n) is 15.7. The van der Waals surface area contributed by atoms with Crippen LogP contribution in [0.25, 0.3) is 0 Å². The maximum absolute atomic E-state index is 12.9.